The number of likely N-dealkylation sites (N-methyl/N-ethyl adjacent to an activating group) is 1. The monoisotopic (exact) mass is 297 g/mol. The Hall–Kier alpha value is -2.42. The van der Waals surface area contributed by atoms with Crippen LogP contribution in [0.2, 0.25) is 0 Å². The number of pyridine rings is 1. The van der Waals surface area contributed by atoms with E-state index in [4.69, 9.17) is 10.00 Å². The van der Waals surface area contributed by atoms with Crippen LogP contribution in [-0.2, 0) is 11.3 Å². The maximum Gasteiger partial charge on any atom is 0.146 e. The third kappa shape index (κ3) is 4.55. The summed E-state index contributed by atoms with van der Waals surface area (Å²) in [7, 11) is 1.80. The second-order valence-corrected chi connectivity index (χ2v) is 5.02. The van der Waals surface area contributed by atoms with Gasteiger partial charge in [0.2, 0.25) is 0 Å². The summed E-state index contributed by atoms with van der Waals surface area (Å²) in [6, 6.07) is 15.3. The summed E-state index contributed by atoms with van der Waals surface area (Å²) >= 11 is 0. The number of aromatic nitrogens is 1. The Morgan fingerprint density at radius 1 is 1.27 bits per heavy atom. The molecule has 1 heterocycles. The second-order valence-electron chi connectivity index (χ2n) is 5.02. The molecule has 1 aromatic heterocycles. The molecule has 0 bridgehead atoms. The molecule has 2 aromatic rings. The van der Waals surface area contributed by atoms with Crippen LogP contribution in [-0.4, -0.2) is 36.4 Å². The average molecular weight is 297 g/mol. The second kappa shape index (κ2) is 8.13. The van der Waals surface area contributed by atoms with E-state index < -0.39 is 6.10 Å². The molecular weight excluding hydrogens is 278 g/mol. The fraction of sp³-hybridized carbons (Fsp3) is 0.294. The molecule has 0 saturated heterocycles. The van der Waals surface area contributed by atoms with Gasteiger partial charge in [0.05, 0.1) is 24.9 Å². The summed E-state index contributed by atoms with van der Waals surface area (Å²) in [5.41, 5.74) is 1.56. The number of hydrogen-bond donors (Lipinski definition) is 1. The van der Waals surface area contributed by atoms with Crippen LogP contribution in [0.3, 0.4) is 0 Å². The van der Waals surface area contributed by atoms with E-state index in [1.54, 1.807) is 30.3 Å². The quantitative estimate of drug-likeness (QED) is 0.846. The first-order valence-electron chi connectivity index (χ1n) is 7.06. The number of nitrogens with zero attached hydrogens (tertiary/aromatic N) is 3. The van der Waals surface area contributed by atoms with E-state index in [1.165, 1.54) is 0 Å². The molecule has 1 N–H and O–H groups in total. The third-order valence-corrected chi connectivity index (χ3v) is 3.18. The number of nitriles is 1. The Balaban J connectivity index is 1.81. The molecule has 22 heavy (non-hydrogen) atoms. The van der Waals surface area contributed by atoms with Gasteiger partial charge in [0.15, 0.2) is 0 Å². The lowest BCUT2D eigenvalue weighted by molar-refractivity contribution is 0.0324. The van der Waals surface area contributed by atoms with Gasteiger partial charge in [0.25, 0.3) is 0 Å². The summed E-state index contributed by atoms with van der Waals surface area (Å²) in [6.07, 6.45) is 0.979. The predicted octanol–water partition coefficient (Wildman–Crippen LogP) is 1.97. The van der Waals surface area contributed by atoms with Crippen LogP contribution in [0.5, 0.6) is 0 Å². The van der Waals surface area contributed by atoms with E-state index in [2.05, 4.69) is 11.1 Å². The van der Waals surface area contributed by atoms with Crippen molar-refractivity contribution in [3.8, 4) is 6.07 Å². The van der Waals surface area contributed by atoms with Crippen molar-refractivity contribution in [2.75, 3.05) is 25.1 Å². The number of ether oxygens (including phenoxy) is 1. The van der Waals surface area contributed by atoms with Gasteiger partial charge in [-0.2, -0.15) is 5.26 Å². The standard InChI is InChI=1S/C17H19N3O2/c1-20(17-15(10-18)8-5-9-19-17)11-16(21)13-22-12-14-6-3-2-4-7-14/h2-9,16,21H,11-13H2,1H3/t16-/m1/s1. The van der Waals surface area contributed by atoms with E-state index in [9.17, 15) is 5.11 Å². The first kappa shape index (κ1) is 16.0. The average Bonchev–Trinajstić information content (AvgIpc) is 2.55. The summed E-state index contributed by atoms with van der Waals surface area (Å²) in [4.78, 5) is 5.94. The van der Waals surface area contributed by atoms with Crippen LogP contribution in [0.15, 0.2) is 48.7 Å². The molecule has 0 amide bonds. The van der Waals surface area contributed by atoms with E-state index >= 15 is 0 Å². The Kier molecular flexibility index (Phi) is 5.90. The molecule has 0 unspecified atom stereocenters. The summed E-state index contributed by atoms with van der Waals surface area (Å²) < 4.78 is 5.51. The SMILES string of the molecule is CN(C[C@@H](O)COCc1ccccc1)c1ncccc1C#N. The molecule has 2 rings (SSSR count). The smallest absolute Gasteiger partial charge is 0.146 e. The molecule has 5 heteroatoms. The lowest BCUT2D eigenvalue weighted by atomic mass is 10.2. The Bertz CT molecular complexity index is 625. The van der Waals surface area contributed by atoms with Crippen LogP contribution in [0.25, 0.3) is 0 Å². The highest BCUT2D eigenvalue weighted by Gasteiger charge is 2.13. The fourth-order valence-electron chi connectivity index (χ4n) is 2.13. The van der Waals surface area contributed by atoms with Crippen molar-refractivity contribution in [2.45, 2.75) is 12.7 Å². The normalized spacial score (nSPS) is 11.7. The number of aliphatic hydroxyl groups excluding tert-OH is 1. The van der Waals surface area contributed by atoms with Crippen molar-refractivity contribution in [3.05, 3.63) is 59.8 Å². The number of aliphatic hydroxyl groups is 1. The largest absolute Gasteiger partial charge is 0.389 e. The zero-order valence-electron chi connectivity index (χ0n) is 12.5. The molecule has 0 aliphatic rings. The molecule has 0 saturated carbocycles. The minimum absolute atomic E-state index is 0.230. The van der Waals surface area contributed by atoms with Crippen molar-refractivity contribution >= 4 is 5.82 Å². The van der Waals surface area contributed by atoms with Crippen LogP contribution in [0, 0.1) is 11.3 Å². The maximum absolute atomic E-state index is 10.0. The van der Waals surface area contributed by atoms with Gasteiger partial charge in [-0.15, -0.1) is 0 Å². The van der Waals surface area contributed by atoms with E-state index in [1.807, 2.05) is 30.3 Å². The highest BCUT2D eigenvalue weighted by atomic mass is 16.5. The number of rotatable bonds is 7. The van der Waals surface area contributed by atoms with Crippen molar-refractivity contribution in [3.63, 3.8) is 0 Å². The van der Waals surface area contributed by atoms with Gasteiger partial charge < -0.3 is 14.7 Å². The van der Waals surface area contributed by atoms with E-state index in [-0.39, 0.29) is 6.61 Å². The minimum atomic E-state index is -0.651. The Morgan fingerprint density at radius 3 is 2.77 bits per heavy atom. The molecule has 1 aromatic carbocycles. The number of hydrogen-bond acceptors (Lipinski definition) is 5. The zero-order chi connectivity index (χ0) is 15.8. The number of benzene rings is 1. The lowest BCUT2D eigenvalue weighted by Gasteiger charge is -2.22. The summed E-state index contributed by atoms with van der Waals surface area (Å²) in [6.45, 7) is 1.04. The first-order chi connectivity index (χ1) is 10.7. The van der Waals surface area contributed by atoms with Gasteiger partial charge in [-0.1, -0.05) is 30.3 Å². The maximum atomic E-state index is 10.0. The number of anilines is 1. The van der Waals surface area contributed by atoms with Gasteiger partial charge in [0.1, 0.15) is 11.9 Å². The minimum Gasteiger partial charge on any atom is -0.389 e. The molecule has 114 valence electrons. The van der Waals surface area contributed by atoms with Crippen molar-refractivity contribution in [1.82, 2.24) is 4.98 Å². The molecule has 0 radical (unpaired) electrons. The Labute approximate surface area is 130 Å². The molecule has 5 nitrogen and oxygen atoms in total. The van der Waals surface area contributed by atoms with Crippen molar-refractivity contribution < 1.29 is 9.84 Å². The van der Waals surface area contributed by atoms with Crippen LogP contribution >= 0.6 is 0 Å². The van der Waals surface area contributed by atoms with Crippen LogP contribution < -0.4 is 4.90 Å². The highest BCUT2D eigenvalue weighted by molar-refractivity contribution is 5.52. The topological polar surface area (TPSA) is 69.4 Å². The Morgan fingerprint density at radius 2 is 2.05 bits per heavy atom. The summed E-state index contributed by atoms with van der Waals surface area (Å²) in [5, 5.41) is 19.1. The molecule has 0 aliphatic carbocycles. The first-order valence-corrected chi connectivity index (χ1v) is 7.06. The van der Waals surface area contributed by atoms with Crippen LogP contribution in [0.1, 0.15) is 11.1 Å². The molecule has 0 aliphatic heterocycles. The lowest BCUT2D eigenvalue weighted by Crippen LogP contribution is -2.33. The van der Waals surface area contributed by atoms with Gasteiger partial charge >= 0.3 is 0 Å². The third-order valence-electron chi connectivity index (χ3n) is 3.18. The highest BCUT2D eigenvalue weighted by Crippen LogP contribution is 2.14. The molecular formula is C17H19N3O2. The molecule has 0 spiro atoms. The summed E-state index contributed by atoms with van der Waals surface area (Å²) in [5.74, 6) is 0.562. The molecule has 1 atom stereocenters. The van der Waals surface area contributed by atoms with Gasteiger partial charge in [-0.3, -0.25) is 0 Å². The van der Waals surface area contributed by atoms with Gasteiger partial charge in [-0.05, 0) is 17.7 Å². The van der Waals surface area contributed by atoms with E-state index in [0.29, 0.717) is 24.5 Å². The zero-order valence-corrected chi connectivity index (χ0v) is 12.5. The molecule has 0 fully saturated rings. The van der Waals surface area contributed by atoms with Gasteiger partial charge in [0, 0.05) is 19.8 Å². The van der Waals surface area contributed by atoms with Crippen molar-refractivity contribution in [1.29, 1.82) is 5.26 Å². The van der Waals surface area contributed by atoms with Crippen molar-refractivity contribution in [2.24, 2.45) is 0 Å². The van der Waals surface area contributed by atoms with Crippen LogP contribution in [0.4, 0.5) is 5.82 Å². The van der Waals surface area contributed by atoms with Gasteiger partial charge in [-0.25, -0.2) is 4.98 Å². The van der Waals surface area contributed by atoms with E-state index in [0.717, 1.165) is 5.56 Å². The predicted molar refractivity (Wildman–Crippen MR) is 84.3 cm³/mol. The fourth-order valence-corrected chi connectivity index (χ4v) is 2.13.